The molecular weight excluding hydrogens is 398 g/mol. The summed E-state index contributed by atoms with van der Waals surface area (Å²) in [5.41, 5.74) is 0. The summed E-state index contributed by atoms with van der Waals surface area (Å²) in [4.78, 5) is 21.3. The van der Waals surface area contributed by atoms with E-state index in [4.69, 9.17) is 0 Å². The number of carboxylic acid groups (broad SMARTS) is 2. The number of aliphatic carboxylic acids is 2. The van der Waals surface area contributed by atoms with Crippen molar-refractivity contribution in [2.24, 2.45) is 5.92 Å². The molecule has 0 aromatic rings. The van der Waals surface area contributed by atoms with E-state index in [1.807, 2.05) is 0 Å². The van der Waals surface area contributed by atoms with Gasteiger partial charge in [0.05, 0.1) is 0 Å². The molecule has 0 saturated heterocycles. The van der Waals surface area contributed by atoms with Crippen LogP contribution in [0, 0.1) is 5.92 Å². The standard InChI is InChI=1S/C24H44O4.2Na/c1-2-3-4-5-6-7-8-9-10-11-12-13-14-15-16-17-18-19-20-22(24(27)28)21-23(25)26;;/h2-3,22H,4-21H2,1H3,(H,25,26)(H,27,28);;/q;2*+1/p-2/b3-2+;;. The maximum absolute atomic E-state index is 10.8. The largest absolute Gasteiger partial charge is 1.00 e. The molecule has 0 aromatic carbocycles. The predicted molar refractivity (Wildman–Crippen MR) is 111 cm³/mol. The molecule has 1 unspecified atom stereocenters. The molecule has 0 aliphatic heterocycles. The fourth-order valence-electron chi connectivity index (χ4n) is 3.62. The maximum Gasteiger partial charge on any atom is 1.00 e. The first-order chi connectivity index (χ1) is 13.6. The minimum Gasteiger partial charge on any atom is -0.550 e. The van der Waals surface area contributed by atoms with Gasteiger partial charge in [0.15, 0.2) is 0 Å². The topological polar surface area (TPSA) is 80.3 Å². The van der Waals surface area contributed by atoms with Crippen LogP contribution in [0.4, 0.5) is 0 Å². The molecule has 164 valence electrons. The van der Waals surface area contributed by atoms with Crippen molar-refractivity contribution in [1.82, 2.24) is 0 Å². The summed E-state index contributed by atoms with van der Waals surface area (Å²) < 4.78 is 0. The molecule has 0 rings (SSSR count). The summed E-state index contributed by atoms with van der Waals surface area (Å²) in [6, 6.07) is 0. The zero-order chi connectivity index (χ0) is 20.9. The summed E-state index contributed by atoms with van der Waals surface area (Å²) >= 11 is 0. The van der Waals surface area contributed by atoms with Crippen molar-refractivity contribution in [1.29, 1.82) is 0 Å². The molecular formula is C24H42Na2O4. The number of carbonyl (C=O) groups excluding carboxylic acids is 2. The van der Waals surface area contributed by atoms with Crippen LogP contribution in [-0.2, 0) is 9.59 Å². The smallest absolute Gasteiger partial charge is 0.550 e. The Balaban J connectivity index is -0.00000364. The molecule has 0 aliphatic carbocycles. The van der Waals surface area contributed by atoms with Crippen LogP contribution in [0.5, 0.6) is 0 Å². The summed E-state index contributed by atoms with van der Waals surface area (Å²) in [5.74, 6) is -3.48. The van der Waals surface area contributed by atoms with Gasteiger partial charge in [-0.15, -0.1) is 0 Å². The zero-order valence-electron chi connectivity index (χ0n) is 20.1. The third-order valence-electron chi connectivity index (χ3n) is 5.41. The second-order valence-corrected chi connectivity index (χ2v) is 8.04. The number of rotatable bonds is 21. The summed E-state index contributed by atoms with van der Waals surface area (Å²) in [6.45, 7) is 2.09. The van der Waals surface area contributed by atoms with Crippen LogP contribution in [0.2, 0.25) is 0 Å². The van der Waals surface area contributed by atoms with E-state index in [9.17, 15) is 19.8 Å². The second-order valence-electron chi connectivity index (χ2n) is 8.04. The van der Waals surface area contributed by atoms with E-state index < -0.39 is 24.3 Å². The Kier molecular flexibility index (Phi) is 32.6. The summed E-state index contributed by atoms with van der Waals surface area (Å²) in [5, 5.41) is 21.3. The van der Waals surface area contributed by atoms with Gasteiger partial charge in [-0.25, -0.2) is 0 Å². The molecule has 0 saturated carbocycles. The Labute approximate surface area is 229 Å². The average molecular weight is 441 g/mol. The van der Waals surface area contributed by atoms with Crippen LogP contribution >= 0.6 is 0 Å². The van der Waals surface area contributed by atoms with Gasteiger partial charge in [0.25, 0.3) is 0 Å². The quantitative estimate of drug-likeness (QED) is 0.126. The molecule has 0 heterocycles. The van der Waals surface area contributed by atoms with Gasteiger partial charge >= 0.3 is 59.1 Å². The Morgan fingerprint density at radius 1 is 0.667 bits per heavy atom. The fourth-order valence-corrected chi connectivity index (χ4v) is 3.62. The van der Waals surface area contributed by atoms with Crippen molar-refractivity contribution in [3.8, 4) is 0 Å². The van der Waals surface area contributed by atoms with Crippen LogP contribution in [-0.4, -0.2) is 11.9 Å². The van der Waals surface area contributed by atoms with Gasteiger partial charge in [0.1, 0.15) is 0 Å². The molecule has 0 spiro atoms. The molecule has 0 amide bonds. The first kappa shape index (κ1) is 35.3. The molecule has 0 bridgehead atoms. The molecule has 0 fully saturated rings. The van der Waals surface area contributed by atoms with Gasteiger partial charge in [0, 0.05) is 17.9 Å². The van der Waals surface area contributed by atoms with Crippen LogP contribution < -0.4 is 69.3 Å². The number of unbranched alkanes of at least 4 members (excludes halogenated alkanes) is 15. The maximum atomic E-state index is 10.8. The van der Waals surface area contributed by atoms with Crippen LogP contribution in [0.1, 0.15) is 122 Å². The van der Waals surface area contributed by atoms with E-state index in [0.29, 0.717) is 6.42 Å². The summed E-state index contributed by atoms with van der Waals surface area (Å²) in [6.07, 6.45) is 24.4. The fraction of sp³-hybridized carbons (Fsp3) is 0.833. The molecule has 4 nitrogen and oxygen atoms in total. The molecule has 0 aliphatic rings. The van der Waals surface area contributed by atoms with Gasteiger partial charge < -0.3 is 19.8 Å². The monoisotopic (exact) mass is 440 g/mol. The van der Waals surface area contributed by atoms with Crippen molar-refractivity contribution in [2.75, 3.05) is 0 Å². The minimum atomic E-state index is -1.31. The SMILES string of the molecule is C/C=C/CCCCCCCCCCCCCCCCCC(CC(=O)[O-])C(=O)[O-].[Na+].[Na+]. The number of allylic oxidation sites excluding steroid dienone is 2. The van der Waals surface area contributed by atoms with Crippen LogP contribution in [0.25, 0.3) is 0 Å². The van der Waals surface area contributed by atoms with Gasteiger partial charge in [0.2, 0.25) is 0 Å². The first-order valence-electron chi connectivity index (χ1n) is 11.6. The molecule has 1 atom stereocenters. The molecule has 30 heavy (non-hydrogen) atoms. The zero-order valence-corrected chi connectivity index (χ0v) is 24.1. The Morgan fingerprint density at radius 3 is 1.37 bits per heavy atom. The van der Waals surface area contributed by atoms with E-state index in [1.54, 1.807) is 0 Å². The number of hydrogen-bond donors (Lipinski definition) is 0. The second kappa shape index (κ2) is 27.7. The van der Waals surface area contributed by atoms with E-state index in [0.717, 1.165) is 19.3 Å². The van der Waals surface area contributed by atoms with Crippen molar-refractivity contribution >= 4 is 11.9 Å². The number of carboxylic acids is 2. The first-order valence-corrected chi connectivity index (χ1v) is 11.6. The molecule has 0 aromatic heterocycles. The third kappa shape index (κ3) is 26.7. The minimum absolute atomic E-state index is 0. The Bertz CT molecular complexity index is 414. The third-order valence-corrected chi connectivity index (χ3v) is 5.41. The van der Waals surface area contributed by atoms with Crippen LogP contribution in [0.15, 0.2) is 12.2 Å². The molecule has 0 N–H and O–H groups in total. The Hall–Kier alpha value is 0.680. The Morgan fingerprint density at radius 2 is 1.03 bits per heavy atom. The van der Waals surface area contributed by atoms with Crippen molar-refractivity contribution in [2.45, 2.75) is 122 Å². The van der Waals surface area contributed by atoms with Crippen molar-refractivity contribution < 1.29 is 78.9 Å². The van der Waals surface area contributed by atoms with Gasteiger partial charge in [-0.3, -0.25) is 0 Å². The van der Waals surface area contributed by atoms with E-state index >= 15 is 0 Å². The normalized spacial score (nSPS) is 11.6. The van der Waals surface area contributed by atoms with E-state index in [-0.39, 0.29) is 59.1 Å². The number of carbonyl (C=O) groups is 2. The average Bonchev–Trinajstić information content (AvgIpc) is 2.65. The molecule has 0 radical (unpaired) electrons. The van der Waals surface area contributed by atoms with E-state index in [2.05, 4.69) is 19.1 Å². The molecule has 6 heteroatoms. The van der Waals surface area contributed by atoms with Gasteiger partial charge in [-0.05, 0) is 32.6 Å². The van der Waals surface area contributed by atoms with E-state index in [1.165, 1.54) is 83.5 Å². The van der Waals surface area contributed by atoms with Crippen LogP contribution in [0.3, 0.4) is 0 Å². The van der Waals surface area contributed by atoms with Gasteiger partial charge in [-0.1, -0.05) is 102 Å². The predicted octanol–water partition coefficient (Wildman–Crippen LogP) is -1.29. The number of hydrogen-bond acceptors (Lipinski definition) is 4. The van der Waals surface area contributed by atoms with Crippen molar-refractivity contribution in [3.63, 3.8) is 0 Å². The van der Waals surface area contributed by atoms with Gasteiger partial charge in [-0.2, -0.15) is 0 Å². The summed E-state index contributed by atoms with van der Waals surface area (Å²) in [7, 11) is 0. The van der Waals surface area contributed by atoms with Crippen molar-refractivity contribution in [3.05, 3.63) is 12.2 Å².